The Morgan fingerprint density at radius 3 is 2.52 bits per heavy atom. The van der Waals surface area contributed by atoms with Gasteiger partial charge in [-0.3, -0.25) is 4.79 Å². The molecule has 1 aromatic carbocycles. The summed E-state index contributed by atoms with van der Waals surface area (Å²) >= 11 is 3.29. The highest BCUT2D eigenvalue weighted by Crippen LogP contribution is 2.47. The highest BCUT2D eigenvalue weighted by molar-refractivity contribution is 9.10. The average molecular weight is 481 g/mol. The van der Waals surface area contributed by atoms with E-state index in [2.05, 4.69) is 27.6 Å². The molecule has 0 radical (unpaired) electrons. The lowest BCUT2D eigenvalue weighted by atomic mass is 10.3. The van der Waals surface area contributed by atoms with Crippen LogP contribution in [0.5, 0.6) is 0 Å². The maximum absolute atomic E-state index is 12.7. The molecule has 1 heterocycles. The first kappa shape index (κ1) is 20.6. The van der Waals surface area contributed by atoms with Crippen molar-refractivity contribution in [1.29, 1.82) is 0 Å². The SMILES string of the molecule is CC1CC1c1ccc(CN(C(=O)CCNS(=O)(=O)c2ccc(Br)cc2)C2CC2)o1. The summed E-state index contributed by atoms with van der Waals surface area (Å²) in [5.41, 5.74) is 0. The van der Waals surface area contributed by atoms with E-state index in [-0.39, 0.29) is 29.8 Å². The summed E-state index contributed by atoms with van der Waals surface area (Å²) in [5, 5.41) is 0. The third-order valence-corrected chi connectivity index (χ3v) is 7.55. The zero-order valence-corrected chi connectivity index (χ0v) is 18.7. The summed E-state index contributed by atoms with van der Waals surface area (Å²) < 4.78 is 34.0. The van der Waals surface area contributed by atoms with Crippen molar-refractivity contribution in [2.75, 3.05) is 6.54 Å². The summed E-state index contributed by atoms with van der Waals surface area (Å²) in [4.78, 5) is 14.8. The minimum atomic E-state index is -3.63. The Kier molecular flexibility index (Phi) is 5.86. The van der Waals surface area contributed by atoms with Gasteiger partial charge >= 0.3 is 0 Å². The number of nitrogens with one attached hydrogen (secondary N) is 1. The Morgan fingerprint density at radius 1 is 1.21 bits per heavy atom. The van der Waals surface area contributed by atoms with Gasteiger partial charge in [0.15, 0.2) is 0 Å². The monoisotopic (exact) mass is 480 g/mol. The first-order chi connectivity index (χ1) is 13.8. The molecule has 2 aromatic rings. The maximum Gasteiger partial charge on any atom is 0.240 e. The third-order valence-electron chi connectivity index (χ3n) is 5.55. The van der Waals surface area contributed by atoms with Crippen molar-refractivity contribution < 1.29 is 17.6 Å². The standard InChI is InChI=1S/C21H25BrN2O4S/c1-14-12-19(14)20-9-6-17(28-20)13-24(16-4-5-16)21(25)10-11-23-29(26,27)18-7-2-15(22)3-8-18/h2-3,6-9,14,16,19,23H,4-5,10-13H2,1H3. The molecule has 0 aliphatic heterocycles. The summed E-state index contributed by atoms with van der Waals surface area (Å²) in [6.45, 7) is 2.73. The van der Waals surface area contributed by atoms with E-state index in [4.69, 9.17) is 4.42 Å². The van der Waals surface area contributed by atoms with Gasteiger partial charge < -0.3 is 9.32 Å². The largest absolute Gasteiger partial charge is 0.464 e. The molecule has 156 valence electrons. The van der Waals surface area contributed by atoms with Gasteiger partial charge in [-0.2, -0.15) is 0 Å². The Balaban J connectivity index is 1.32. The van der Waals surface area contributed by atoms with E-state index in [0.717, 1.165) is 35.3 Å². The van der Waals surface area contributed by atoms with E-state index in [1.54, 1.807) is 12.1 Å². The molecule has 2 aliphatic rings. The molecule has 6 nitrogen and oxygen atoms in total. The fraction of sp³-hybridized carbons (Fsp3) is 0.476. The van der Waals surface area contributed by atoms with Gasteiger partial charge in [0.1, 0.15) is 11.5 Å². The van der Waals surface area contributed by atoms with Gasteiger partial charge in [0.05, 0.1) is 11.4 Å². The van der Waals surface area contributed by atoms with E-state index in [0.29, 0.717) is 18.4 Å². The summed E-state index contributed by atoms with van der Waals surface area (Å²) in [6.07, 6.45) is 3.27. The normalized spacial score (nSPS) is 21.2. The van der Waals surface area contributed by atoms with Crippen molar-refractivity contribution in [2.45, 2.75) is 56.0 Å². The lowest BCUT2D eigenvalue weighted by Crippen LogP contribution is -2.35. The zero-order chi connectivity index (χ0) is 20.6. The second-order valence-corrected chi connectivity index (χ2v) is 10.7. The number of halogens is 1. The van der Waals surface area contributed by atoms with Crippen LogP contribution in [0.2, 0.25) is 0 Å². The molecule has 8 heteroatoms. The Bertz CT molecular complexity index is 982. The van der Waals surface area contributed by atoms with Crippen molar-refractivity contribution >= 4 is 31.9 Å². The molecule has 2 atom stereocenters. The van der Waals surface area contributed by atoms with E-state index < -0.39 is 10.0 Å². The Labute approximate surface area is 179 Å². The van der Waals surface area contributed by atoms with Crippen LogP contribution < -0.4 is 4.72 Å². The molecule has 1 N–H and O–H groups in total. The summed E-state index contributed by atoms with van der Waals surface area (Å²) in [6, 6.07) is 10.6. The molecular weight excluding hydrogens is 456 g/mol. The van der Waals surface area contributed by atoms with Gasteiger partial charge in [0, 0.05) is 29.4 Å². The van der Waals surface area contributed by atoms with Crippen LogP contribution in [0.15, 0.2) is 50.2 Å². The molecule has 0 spiro atoms. The van der Waals surface area contributed by atoms with Crippen LogP contribution in [0, 0.1) is 5.92 Å². The van der Waals surface area contributed by atoms with E-state index in [9.17, 15) is 13.2 Å². The minimum absolute atomic E-state index is 0.0521. The minimum Gasteiger partial charge on any atom is -0.464 e. The molecule has 0 saturated heterocycles. The second kappa shape index (κ2) is 8.24. The van der Waals surface area contributed by atoms with Gasteiger partial charge in [0.2, 0.25) is 15.9 Å². The number of benzene rings is 1. The molecule has 0 bridgehead atoms. The molecule has 2 aliphatic carbocycles. The fourth-order valence-corrected chi connectivity index (χ4v) is 4.80. The van der Waals surface area contributed by atoms with E-state index in [1.165, 1.54) is 12.1 Å². The van der Waals surface area contributed by atoms with Crippen molar-refractivity contribution in [3.8, 4) is 0 Å². The van der Waals surface area contributed by atoms with E-state index in [1.807, 2.05) is 17.0 Å². The van der Waals surface area contributed by atoms with Crippen molar-refractivity contribution in [2.24, 2.45) is 5.92 Å². The number of furan rings is 1. The lowest BCUT2D eigenvalue weighted by molar-refractivity contribution is -0.132. The van der Waals surface area contributed by atoms with Crippen molar-refractivity contribution in [3.63, 3.8) is 0 Å². The highest BCUT2D eigenvalue weighted by Gasteiger charge is 2.37. The van der Waals surface area contributed by atoms with Gasteiger partial charge in [-0.15, -0.1) is 0 Å². The lowest BCUT2D eigenvalue weighted by Gasteiger charge is -2.21. The smallest absolute Gasteiger partial charge is 0.240 e. The molecule has 1 aromatic heterocycles. The first-order valence-corrected chi connectivity index (χ1v) is 12.2. The van der Waals surface area contributed by atoms with Gasteiger partial charge in [0.25, 0.3) is 0 Å². The molecular formula is C21H25BrN2O4S. The van der Waals surface area contributed by atoms with Crippen LogP contribution in [0.4, 0.5) is 0 Å². The number of carbonyl (C=O) groups is 1. The van der Waals surface area contributed by atoms with Crippen LogP contribution >= 0.6 is 15.9 Å². The van der Waals surface area contributed by atoms with Crippen molar-refractivity contribution in [3.05, 3.63) is 52.4 Å². The fourth-order valence-electron chi connectivity index (χ4n) is 3.51. The van der Waals surface area contributed by atoms with Gasteiger partial charge in [-0.25, -0.2) is 13.1 Å². The molecule has 2 unspecified atom stereocenters. The number of hydrogen-bond donors (Lipinski definition) is 1. The van der Waals surface area contributed by atoms with Crippen LogP contribution in [0.3, 0.4) is 0 Å². The van der Waals surface area contributed by atoms with Crippen LogP contribution in [0.25, 0.3) is 0 Å². The number of nitrogens with zero attached hydrogens (tertiary/aromatic N) is 1. The maximum atomic E-state index is 12.7. The van der Waals surface area contributed by atoms with E-state index >= 15 is 0 Å². The number of rotatable bonds is 9. The summed E-state index contributed by atoms with van der Waals surface area (Å²) in [7, 11) is -3.63. The topological polar surface area (TPSA) is 79.6 Å². The average Bonchev–Trinajstić information content (AvgIpc) is 3.60. The molecule has 2 saturated carbocycles. The van der Waals surface area contributed by atoms with Crippen LogP contribution in [-0.2, 0) is 21.4 Å². The van der Waals surface area contributed by atoms with Crippen LogP contribution in [-0.4, -0.2) is 31.8 Å². The van der Waals surface area contributed by atoms with Crippen molar-refractivity contribution in [1.82, 2.24) is 9.62 Å². The number of amides is 1. The van der Waals surface area contributed by atoms with Gasteiger partial charge in [-0.05, 0) is 61.6 Å². The second-order valence-electron chi connectivity index (χ2n) is 7.98. The predicted octanol–water partition coefficient (Wildman–Crippen LogP) is 4.03. The molecule has 4 rings (SSSR count). The number of hydrogen-bond acceptors (Lipinski definition) is 4. The molecule has 29 heavy (non-hydrogen) atoms. The molecule has 1 amide bonds. The third kappa shape index (κ3) is 5.10. The number of carbonyl (C=O) groups excluding carboxylic acids is 1. The molecule has 2 fully saturated rings. The zero-order valence-electron chi connectivity index (χ0n) is 16.3. The predicted molar refractivity (Wildman–Crippen MR) is 113 cm³/mol. The highest BCUT2D eigenvalue weighted by atomic mass is 79.9. The first-order valence-electron chi connectivity index (χ1n) is 9.97. The van der Waals surface area contributed by atoms with Gasteiger partial charge in [-0.1, -0.05) is 22.9 Å². The number of sulfonamides is 1. The Hall–Kier alpha value is -1.64. The van der Waals surface area contributed by atoms with Crippen LogP contribution in [0.1, 0.15) is 50.0 Å². The quantitative estimate of drug-likeness (QED) is 0.587. The Morgan fingerprint density at radius 2 is 1.90 bits per heavy atom. The summed E-state index contributed by atoms with van der Waals surface area (Å²) in [5.74, 6) is 2.95.